The van der Waals surface area contributed by atoms with E-state index in [2.05, 4.69) is 4.90 Å². The van der Waals surface area contributed by atoms with Crippen molar-refractivity contribution < 1.29 is 9.53 Å². The van der Waals surface area contributed by atoms with Crippen LogP contribution in [0.5, 0.6) is 5.75 Å². The van der Waals surface area contributed by atoms with E-state index in [0.717, 1.165) is 6.54 Å². The number of benzene rings is 1. The Kier molecular flexibility index (Phi) is 4.76. The highest BCUT2D eigenvalue weighted by Gasteiger charge is 2.11. The van der Waals surface area contributed by atoms with E-state index in [0.29, 0.717) is 17.9 Å². The molecule has 0 aliphatic carbocycles. The summed E-state index contributed by atoms with van der Waals surface area (Å²) < 4.78 is 5.74. The zero-order chi connectivity index (χ0) is 12.8. The van der Waals surface area contributed by atoms with Crippen molar-refractivity contribution in [2.75, 3.05) is 26.2 Å². The highest BCUT2D eigenvalue weighted by atomic mass is 16.5. The van der Waals surface area contributed by atoms with Crippen LogP contribution in [0.4, 0.5) is 0 Å². The van der Waals surface area contributed by atoms with Crippen LogP contribution in [0.25, 0.3) is 0 Å². The highest BCUT2D eigenvalue weighted by molar-refractivity contribution is 5.96. The number of hydrogen-bond acceptors (Lipinski definition) is 3. The summed E-state index contributed by atoms with van der Waals surface area (Å²) in [6, 6.07) is 7.46. The minimum Gasteiger partial charge on any atom is -0.491 e. The fourth-order valence-electron chi connectivity index (χ4n) is 2.35. The molecule has 1 saturated heterocycles. The average Bonchev–Trinajstić information content (AvgIpc) is 2.40. The Morgan fingerprint density at radius 2 is 1.94 bits per heavy atom. The molecule has 0 saturated carbocycles. The third-order valence-electron chi connectivity index (χ3n) is 3.38. The molecule has 0 spiro atoms. The fourth-order valence-corrected chi connectivity index (χ4v) is 2.35. The second kappa shape index (κ2) is 6.55. The second-order valence-electron chi connectivity index (χ2n) is 4.80. The molecule has 1 aromatic rings. The summed E-state index contributed by atoms with van der Waals surface area (Å²) in [6.07, 6.45) is 3.94. The van der Waals surface area contributed by atoms with Crippen molar-refractivity contribution in [1.82, 2.24) is 4.90 Å². The van der Waals surface area contributed by atoms with Crippen LogP contribution in [-0.4, -0.2) is 36.9 Å². The molecule has 3 heteroatoms. The Balaban J connectivity index is 1.84. The van der Waals surface area contributed by atoms with Crippen molar-refractivity contribution in [3.05, 3.63) is 29.8 Å². The molecule has 0 amide bonds. The minimum absolute atomic E-state index is 0.0589. The number of carbonyl (C=O) groups is 1. The average molecular weight is 247 g/mol. The zero-order valence-electron chi connectivity index (χ0n) is 11.0. The number of ketones is 1. The van der Waals surface area contributed by atoms with Gasteiger partial charge >= 0.3 is 0 Å². The van der Waals surface area contributed by atoms with Gasteiger partial charge in [0.25, 0.3) is 0 Å². The van der Waals surface area contributed by atoms with Crippen molar-refractivity contribution >= 4 is 5.78 Å². The fraction of sp³-hybridized carbons (Fsp3) is 0.533. The van der Waals surface area contributed by atoms with Crippen LogP contribution in [0.3, 0.4) is 0 Å². The van der Waals surface area contributed by atoms with Gasteiger partial charge in [-0.15, -0.1) is 0 Å². The number of hydrogen-bond donors (Lipinski definition) is 0. The lowest BCUT2D eigenvalue weighted by atomic mass is 10.1. The SMILES string of the molecule is CC(=O)c1ccccc1OCCN1CCCCC1. The minimum atomic E-state index is 0.0589. The maximum absolute atomic E-state index is 11.4. The summed E-state index contributed by atoms with van der Waals surface area (Å²) in [6.45, 7) is 5.54. The third kappa shape index (κ3) is 3.57. The van der Waals surface area contributed by atoms with Gasteiger partial charge in [-0.2, -0.15) is 0 Å². The predicted molar refractivity (Wildman–Crippen MR) is 72.2 cm³/mol. The zero-order valence-corrected chi connectivity index (χ0v) is 11.0. The van der Waals surface area contributed by atoms with Crippen molar-refractivity contribution in [3.8, 4) is 5.75 Å². The topological polar surface area (TPSA) is 29.5 Å². The molecule has 0 aromatic heterocycles. The molecule has 18 heavy (non-hydrogen) atoms. The van der Waals surface area contributed by atoms with Crippen LogP contribution in [0.15, 0.2) is 24.3 Å². The summed E-state index contributed by atoms with van der Waals surface area (Å²) in [5.74, 6) is 0.769. The molecule has 0 unspecified atom stereocenters. The van der Waals surface area contributed by atoms with Crippen molar-refractivity contribution in [2.45, 2.75) is 26.2 Å². The molecule has 1 fully saturated rings. The van der Waals surface area contributed by atoms with Crippen molar-refractivity contribution in [2.24, 2.45) is 0 Å². The van der Waals surface area contributed by atoms with Crippen LogP contribution in [0.2, 0.25) is 0 Å². The maximum Gasteiger partial charge on any atom is 0.163 e. The predicted octanol–water partition coefficient (Wildman–Crippen LogP) is 2.75. The summed E-state index contributed by atoms with van der Waals surface area (Å²) >= 11 is 0. The number of nitrogens with zero attached hydrogens (tertiary/aromatic N) is 1. The molecular weight excluding hydrogens is 226 g/mol. The summed E-state index contributed by atoms with van der Waals surface area (Å²) in [4.78, 5) is 13.9. The van der Waals surface area contributed by atoms with E-state index in [1.54, 1.807) is 6.92 Å². The van der Waals surface area contributed by atoms with Crippen LogP contribution in [0.1, 0.15) is 36.5 Å². The van der Waals surface area contributed by atoms with Crippen molar-refractivity contribution in [3.63, 3.8) is 0 Å². The molecule has 1 aliphatic rings. The van der Waals surface area contributed by atoms with Gasteiger partial charge in [-0.05, 0) is 45.0 Å². The first kappa shape index (κ1) is 13.1. The Labute approximate surface area is 109 Å². The molecular formula is C15H21NO2. The monoisotopic (exact) mass is 247 g/mol. The summed E-state index contributed by atoms with van der Waals surface area (Å²) in [5, 5.41) is 0. The number of rotatable bonds is 5. The largest absolute Gasteiger partial charge is 0.491 e. The molecule has 0 N–H and O–H groups in total. The summed E-state index contributed by atoms with van der Waals surface area (Å²) in [7, 11) is 0. The number of likely N-dealkylation sites (tertiary alicyclic amines) is 1. The molecule has 0 radical (unpaired) electrons. The van der Waals surface area contributed by atoms with Crippen LogP contribution < -0.4 is 4.74 Å². The number of piperidine rings is 1. The Bertz CT molecular complexity index is 397. The van der Waals surface area contributed by atoms with E-state index < -0.39 is 0 Å². The quantitative estimate of drug-likeness (QED) is 0.749. The molecule has 2 rings (SSSR count). The molecule has 1 aromatic carbocycles. The molecule has 98 valence electrons. The normalized spacial score (nSPS) is 16.5. The lowest BCUT2D eigenvalue weighted by molar-refractivity contribution is 0.101. The van der Waals surface area contributed by atoms with Gasteiger partial charge in [-0.25, -0.2) is 0 Å². The van der Waals surface area contributed by atoms with Gasteiger partial charge in [0.2, 0.25) is 0 Å². The van der Waals surface area contributed by atoms with Crippen LogP contribution in [-0.2, 0) is 0 Å². The number of carbonyl (C=O) groups excluding carboxylic acids is 1. The van der Waals surface area contributed by atoms with E-state index in [1.165, 1.54) is 32.4 Å². The number of para-hydroxylation sites is 1. The van der Waals surface area contributed by atoms with E-state index in [-0.39, 0.29) is 5.78 Å². The molecule has 3 nitrogen and oxygen atoms in total. The van der Waals surface area contributed by atoms with E-state index >= 15 is 0 Å². The van der Waals surface area contributed by atoms with Crippen LogP contribution in [0, 0.1) is 0 Å². The van der Waals surface area contributed by atoms with Gasteiger partial charge < -0.3 is 4.74 Å². The van der Waals surface area contributed by atoms with Crippen LogP contribution >= 0.6 is 0 Å². The van der Waals surface area contributed by atoms with E-state index in [1.807, 2.05) is 24.3 Å². The second-order valence-corrected chi connectivity index (χ2v) is 4.80. The van der Waals surface area contributed by atoms with Gasteiger partial charge in [-0.1, -0.05) is 18.6 Å². The molecule has 0 atom stereocenters. The summed E-state index contributed by atoms with van der Waals surface area (Å²) in [5.41, 5.74) is 0.677. The highest BCUT2D eigenvalue weighted by Crippen LogP contribution is 2.18. The number of Topliss-reactive ketones (excluding diaryl/α,β-unsaturated/α-hetero) is 1. The number of ether oxygens (including phenoxy) is 1. The molecule has 1 aliphatic heterocycles. The Hall–Kier alpha value is -1.35. The lowest BCUT2D eigenvalue weighted by Gasteiger charge is -2.26. The van der Waals surface area contributed by atoms with E-state index in [9.17, 15) is 4.79 Å². The first-order chi connectivity index (χ1) is 8.77. The van der Waals surface area contributed by atoms with Gasteiger partial charge in [0.15, 0.2) is 5.78 Å². The van der Waals surface area contributed by atoms with Gasteiger partial charge in [-0.3, -0.25) is 9.69 Å². The van der Waals surface area contributed by atoms with Gasteiger partial charge in [0.1, 0.15) is 12.4 Å². The first-order valence-electron chi connectivity index (χ1n) is 6.72. The lowest BCUT2D eigenvalue weighted by Crippen LogP contribution is -2.33. The Morgan fingerprint density at radius 1 is 1.22 bits per heavy atom. The smallest absolute Gasteiger partial charge is 0.163 e. The first-order valence-corrected chi connectivity index (χ1v) is 6.72. The third-order valence-corrected chi connectivity index (χ3v) is 3.38. The Morgan fingerprint density at radius 3 is 2.67 bits per heavy atom. The molecule has 1 heterocycles. The van der Waals surface area contributed by atoms with E-state index in [4.69, 9.17) is 4.74 Å². The van der Waals surface area contributed by atoms with Gasteiger partial charge in [0, 0.05) is 6.54 Å². The van der Waals surface area contributed by atoms with Gasteiger partial charge in [0.05, 0.1) is 5.56 Å². The molecule has 0 bridgehead atoms. The maximum atomic E-state index is 11.4. The standard InChI is InChI=1S/C15H21NO2/c1-13(17)14-7-3-4-8-15(14)18-12-11-16-9-5-2-6-10-16/h3-4,7-8H,2,5-6,9-12H2,1H3. The van der Waals surface area contributed by atoms with Crippen molar-refractivity contribution in [1.29, 1.82) is 0 Å².